The van der Waals surface area contributed by atoms with Crippen LogP contribution in [0.5, 0.6) is 0 Å². The summed E-state index contributed by atoms with van der Waals surface area (Å²) in [5.41, 5.74) is 0.198. The first-order chi connectivity index (χ1) is 8.58. The van der Waals surface area contributed by atoms with Crippen LogP contribution >= 0.6 is 0 Å². The summed E-state index contributed by atoms with van der Waals surface area (Å²) in [6.07, 6.45) is 0.857. The van der Waals surface area contributed by atoms with Gasteiger partial charge in [-0.1, -0.05) is 0 Å². The predicted molar refractivity (Wildman–Crippen MR) is 64.3 cm³/mol. The average Bonchev–Trinajstić information content (AvgIpc) is 2.57. The third-order valence-electron chi connectivity index (χ3n) is 3.16. The van der Waals surface area contributed by atoms with Crippen molar-refractivity contribution in [1.29, 1.82) is 0 Å². The molecule has 0 spiro atoms. The molecule has 0 aromatic heterocycles. The van der Waals surface area contributed by atoms with E-state index < -0.39 is 11.6 Å². The first kappa shape index (κ1) is 13.0. The van der Waals surface area contributed by atoms with E-state index in [4.69, 9.17) is 0 Å². The SMILES string of the molecule is CC1CCN(C(=O)c2ccc(F)c(F)c2)CCN1. The molecule has 1 N–H and O–H groups in total. The van der Waals surface area contributed by atoms with E-state index in [1.165, 1.54) is 6.07 Å². The minimum absolute atomic E-state index is 0.198. The summed E-state index contributed by atoms with van der Waals surface area (Å²) in [5, 5.41) is 3.27. The van der Waals surface area contributed by atoms with E-state index >= 15 is 0 Å². The van der Waals surface area contributed by atoms with Gasteiger partial charge in [0.1, 0.15) is 0 Å². The van der Waals surface area contributed by atoms with Gasteiger partial charge in [0, 0.05) is 31.2 Å². The zero-order valence-corrected chi connectivity index (χ0v) is 10.2. The normalized spacial score (nSPS) is 20.6. The van der Waals surface area contributed by atoms with Crippen molar-refractivity contribution in [3.63, 3.8) is 0 Å². The Bertz CT molecular complexity index is 451. The lowest BCUT2D eigenvalue weighted by molar-refractivity contribution is 0.0765. The Morgan fingerprint density at radius 2 is 2.11 bits per heavy atom. The molecule has 98 valence electrons. The Balaban J connectivity index is 2.12. The predicted octanol–water partition coefficient (Wildman–Crippen LogP) is 1.79. The maximum atomic E-state index is 13.1. The highest BCUT2D eigenvalue weighted by atomic mass is 19.2. The summed E-state index contributed by atoms with van der Waals surface area (Å²) in [4.78, 5) is 13.8. The number of amides is 1. The van der Waals surface area contributed by atoms with Crippen LogP contribution in [0.2, 0.25) is 0 Å². The summed E-state index contributed by atoms with van der Waals surface area (Å²) in [6.45, 7) is 4.00. The van der Waals surface area contributed by atoms with Crippen molar-refractivity contribution in [2.24, 2.45) is 0 Å². The quantitative estimate of drug-likeness (QED) is 0.828. The average molecular weight is 254 g/mol. The van der Waals surface area contributed by atoms with Crippen LogP contribution in [0, 0.1) is 11.6 Å². The number of hydrogen-bond donors (Lipinski definition) is 1. The molecule has 1 heterocycles. The van der Waals surface area contributed by atoms with E-state index in [2.05, 4.69) is 12.2 Å². The Labute approximate surface area is 105 Å². The fraction of sp³-hybridized carbons (Fsp3) is 0.462. The van der Waals surface area contributed by atoms with Crippen molar-refractivity contribution in [1.82, 2.24) is 10.2 Å². The summed E-state index contributed by atoms with van der Waals surface area (Å²) in [5.74, 6) is -2.16. The molecule has 1 amide bonds. The van der Waals surface area contributed by atoms with Gasteiger partial charge in [-0.15, -0.1) is 0 Å². The molecule has 2 rings (SSSR count). The summed E-state index contributed by atoms with van der Waals surface area (Å²) < 4.78 is 25.9. The standard InChI is InChI=1S/C13H16F2N2O/c1-9-4-6-17(7-5-16-9)13(18)10-2-3-11(14)12(15)8-10/h2-3,8-9,16H,4-7H2,1H3. The van der Waals surface area contributed by atoms with Crippen LogP contribution in [-0.4, -0.2) is 36.5 Å². The van der Waals surface area contributed by atoms with Crippen LogP contribution in [0.3, 0.4) is 0 Å². The van der Waals surface area contributed by atoms with Crippen molar-refractivity contribution in [3.8, 4) is 0 Å². The van der Waals surface area contributed by atoms with Crippen LogP contribution in [0.15, 0.2) is 18.2 Å². The molecule has 1 aliphatic heterocycles. The van der Waals surface area contributed by atoms with E-state index in [0.29, 0.717) is 19.1 Å². The number of rotatable bonds is 1. The van der Waals surface area contributed by atoms with Gasteiger partial charge in [-0.05, 0) is 31.5 Å². The van der Waals surface area contributed by atoms with Gasteiger partial charge in [-0.3, -0.25) is 4.79 Å². The molecule has 18 heavy (non-hydrogen) atoms. The zero-order valence-electron chi connectivity index (χ0n) is 10.2. The number of nitrogens with zero attached hydrogens (tertiary/aromatic N) is 1. The van der Waals surface area contributed by atoms with Crippen molar-refractivity contribution in [3.05, 3.63) is 35.4 Å². The second-order valence-electron chi connectivity index (χ2n) is 4.56. The molecule has 1 aromatic rings. The van der Waals surface area contributed by atoms with Gasteiger partial charge in [0.25, 0.3) is 5.91 Å². The summed E-state index contributed by atoms with van der Waals surface area (Å²) in [7, 11) is 0. The zero-order chi connectivity index (χ0) is 13.1. The maximum Gasteiger partial charge on any atom is 0.254 e. The molecule has 0 saturated carbocycles. The lowest BCUT2D eigenvalue weighted by Crippen LogP contribution is -2.34. The highest BCUT2D eigenvalue weighted by Crippen LogP contribution is 2.12. The van der Waals surface area contributed by atoms with Gasteiger partial charge in [0.2, 0.25) is 0 Å². The van der Waals surface area contributed by atoms with Gasteiger partial charge in [-0.25, -0.2) is 8.78 Å². The number of benzene rings is 1. The lowest BCUT2D eigenvalue weighted by atomic mass is 10.1. The molecule has 1 aromatic carbocycles. The molecule has 1 saturated heterocycles. The number of hydrogen-bond acceptors (Lipinski definition) is 2. The highest BCUT2D eigenvalue weighted by Gasteiger charge is 2.20. The Morgan fingerprint density at radius 1 is 1.33 bits per heavy atom. The van der Waals surface area contributed by atoms with Crippen molar-refractivity contribution in [2.45, 2.75) is 19.4 Å². The first-order valence-electron chi connectivity index (χ1n) is 6.05. The van der Waals surface area contributed by atoms with Crippen molar-refractivity contribution in [2.75, 3.05) is 19.6 Å². The summed E-state index contributed by atoms with van der Waals surface area (Å²) >= 11 is 0. The van der Waals surface area contributed by atoms with Crippen LogP contribution in [0.4, 0.5) is 8.78 Å². The molecule has 1 unspecified atom stereocenters. The second-order valence-corrected chi connectivity index (χ2v) is 4.56. The third kappa shape index (κ3) is 2.85. The fourth-order valence-corrected chi connectivity index (χ4v) is 2.02. The molecule has 1 atom stereocenters. The van der Waals surface area contributed by atoms with Gasteiger partial charge in [0.15, 0.2) is 11.6 Å². The molecule has 3 nitrogen and oxygen atoms in total. The van der Waals surface area contributed by atoms with Crippen LogP contribution in [-0.2, 0) is 0 Å². The second kappa shape index (κ2) is 5.44. The van der Waals surface area contributed by atoms with Crippen LogP contribution in [0.25, 0.3) is 0 Å². The van der Waals surface area contributed by atoms with E-state index in [1.54, 1.807) is 4.90 Å². The Kier molecular flexibility index (Phi) is 3.91. The number of carbonyl (C=O) groups excluding carboxylic acids is 1. The molecule has 0 aliphatic carbocycles. The van der Waals surface area contributed by atoms with E-state index in [0.717, 1.165) is 25.1 Å². The van der Waals surface area contributed by atoms with Crippen LogP contribution < -0.4 is 5.32 Å². The summed E-state index contributed by atoms with van der Waals surface area (Å²) in [6, 6.07) is 3.64. The molecular weight excluding hydrogens is 238 g/mol. The number of carbonyl (C=O) groups is 1. The molecule has 0 bridgehead atoms. The fourth-order valence-electron chi connectivity index (χ4n) is 2.02. The molecule has 1 fully saturated rings. The van der Waals surface area contributed by atoms with E-state index in [9.17, 15) is 13.6 Å². The first-order valence-corrected chi connectivity index (χ1v) is 6.05. The maximum absolute atomic E-state index is 13.1. The van der Waals surface area contributed by atoms with E-state index in [-0.39, 0.29) is 11.5 Å². The lowest BCUT2D eigenvalue weighted by Gasteiger charge is -2.20. The van der Waals surface area contributed by atoms with Gasteiger partial charge in [0.05, 0.1) is 0 Å². The minimum Gasteiger partial charge on any atom is -0.337 e. The number of nitrogens with one attached hydrogen (secondary N) is 1. The highest BCUT2D eigenvalue weighted by molar-refractivity contribution is 5.94. The molecule has 5 heteroatoms. The topological polar surface area (TPSA) is 32.3 Å². The molecular formula is C13H16F2N2O. The van der Waals surface area contributed by atoms with Crippen molar-refractivity contribution >= 4 is 5.91 Å². The molecule has 1 aliphatic rings. The van der Waals surface area contributed by atoms with Crippen LogP contribution in [0.1, 0.15) is 23.7 Å². The largest absolute Gasteiger partial charge is 0.337 e. The van der Waals surface area contributed by atoms with Gasteiger partial charge < -0.3 is 10.2 Å². The van der Waals surface area contributed by atoms with Gasteiger partial charge >= 0.3 is 0 Å². The Morgan fingerprint density at radius 3 is 2.83 bits per heavy atom. The van der Waals surface area contributed by atoms with E-state index in [1.807, 2.05) is 0 Å². The van der Waals surface area contributed by atoms with Gasteiger partial charge in [-0.2, -0.15) is 0 Å². The number of halogens is 2. The monoisotopic (exact) mass is 254 g/mol. The third-order valence-corrected chi connectivity index (χ3v) is 3.16. The smallest absolute Gasteiger partial charge is 0.254 e. The van der Waals surface area contributed by atoms with Crippen molar-refractivity contribution < 1.29 is 13.6 Å². The molecule has 0 radical (unpaired) electrons. The Hall–Kier alpha value is -1.49. The minimum atomic E-state index is -0.984.